The molecule has 1 unspecified atom stereocenters. The Labute approximate surface area is 282 Å². The Bertz CT molecular complexity index is 1940. The summed E-state index contributed by atoms with van der Waals surface area (Å²) in [6.07, 6.45) is -5.28. The van der Waals surface area contributed by atoms with Crippen molar-refractivity contribution in [2.75, 3.05) is 25.2 Å². The third kappa shape index (κ3) is 7.73. The molecule has 0 saturated carbocycles. The van der Waals surface area contributed by atoms with Crippen molar-refractivity contribution >= 4 is 41.0 Å². The average Bonchev–Trinajstić information content (AvgIpc) is 3.38. The highest BCUT2D eigenvalue weighted by Crippen LogP contribution is 2.41. The van der Waals surface area contributed by atoms with Crippen LogP contribution in [-0.4, -0.2) is 54.1 Å². The second-order valence-corrected chi connectivity index (χ2v) is 11.6. The number of rotatable bonds is 11. The molecule has 0 bridgehead atoms. The number of thioether (sulfide) groups is 1. The highest BCUT2D eigenvalue weighted by atomic mass is 32.2. The number of benzene rings is 3. The van der Waals surface area contributed by atoms with E-state index in [9.17, 15) is 37.6 Å². The molecular weight excluding hydrogens is 663 g/mol. The van der Waals surface area contributed by atoms with Gasteiger partial charge in [0.2, 0.25) is 11.8 Å². The van der Waals surface area contributed by atoms with Crippen LogP contribution in [0.5, 0.6) is 11.5 Å². The number of Topliss-reactive ketones (excluding diaryl/α,β-unsaturated/α-hetero) is 1. The maximum atomic E-state index is 14.1. The van der Waals surface area contributed by atoms with E-state index in [4.69, 9.17) is 14.2 Å². The Balaban J connectivity index is 1.30. The Hall–Kier alpha value is -5.68. The molecular formula is C35H26F3N3O7S. The van der Waals surface area contributed by atoms with Crippen molar-refractivity contribution in [2.24, 2.45) is 0 Å². The van der Waals surface area contributed by atoms with Crippen molar-refractivity contribution in [1.82, 2.24) is 4.98 Å². The lowest BCUT2D eigenvalue weighted by Gasteiger charge is -2.17. The van der Waals surface area contributed by atoms with Crippen LogP contribution in [0.2, 0.25) is 0 Å². The van der Waals surface area contributed by atoms with Gasteiger partial charge in [-0.3, -0.25) is 14.4 Å². The summed E-state index contributed by atoms with van der Waals surface area (Å²) in [6, 6.07) is 20.1. The molecule has 49 heavy (non-hydrogen) atoms. The molecule has 2 amide bonds. The van der Waals surface area contributed by atoms with Crippen LogP contribution < -0.4 is 14.4 Å². The van der Waals surface area contributed by atoms with Gasteiger partial charge < -0.3 is 14.2 Å². The monoisotopic (exact) mass is 689 g/mol. The van der Waals surface area contributed by atoms with Crippen molar-refractivity contribution in [3.05, 3.63) is 101 Å². The molecule has 10 nitrogen and oxygen atoms in total. The number of carbonyl (C=O) groups excluding carboxylic acids is 4. The van der Waals surface area contributed by atoms with Gasteiger partial charge >= 0.3 is 12.1 Å². The van der Waals surface area contributed by atoms with Crippen LogP contribution >= 0.6 is 11.8 Å². The number of amides is 2. The first-order chi connectivity index (χ1) is 23.4. The van der Waals surface area contributed by atoms with Crippen molar-refractivity contribution < 1.29 is 46.6 Å². The largest absolute Gasteiger partial charge is 0.497 e. The Kier molecular flexibility index (Phi) is 10.3. The van der Waals surface area contributed by atoms with Gasteiger partial charge in [0, 0.05) is 17.5 Å². The number of carbonyl (C=O) groups is 4. The first kappa shape index (κ1) is 34.6. The maximum Gasteiger partial charge on any atom is 0.417 e. The summed E-state index contributed by atoms with van der Waals surface area (Å²) in [5, 5.41) is 8.16. The fraction of sp³-hybridized carbons (Fsp3) is 0.200. The maximum absolute atomic E-state index is 14.1. The summed E-state index contributed by atoms with van der Waals surface area (Å²) >= 11 is 0.595. The van der Waals surface area contributed by atoms with Gasteiger partial charge in [-0.1, -0.05) is 11.8 Å². The first-order valence-corrected chi connectivity index (χ1v) is 15.5. The Morgan fingerprint density at radius 3 is 2.20 bits per heavy atom. The lowest BCUT2D eigenvalue weighted by molar-refractivity contribution is -0.138. The Morgan fingerprint density at radius 1 is 0.980 bits per heavy atom. The van der Waals surface area contributed by atoms with Gasteiger partial charge in [-0.25, -0.2) is 14.7 Å². The second-order valence-electron chi connectivity index (χ2n) is 10.5. The molecule has 1 atom stereocenters. The summed E-state index contributed by atoms with van der Waals surface area (Å²) in [6.45, 7) is 1.78. The van der Waals surface area contributed by atoms with E-state index in [1.165, 1.54) is 43.5 Å². The van der Waals surface area contributed by atoms with Gasteiger partial charge in [0.1, 0.15) is 22.6 Å². The molecule has 1 aliphatic heterocycles. The van der Waals surface area contributed by atoms with Gasteiger partial charge in [0.25, 0.3) is 0 Å². The highest BCUT2D eigenvalue weighted by molar-refractivity contribution is 8.00. The Morgan fingerprint density at radius 2 is 1.61 bits per heavy atom. The molecule has 5 rings (SSSR count). The molecule has 2 heterocycles. The second kappa shape index (κ2) is 14.6. The van der Waals surface area contributed by atoms with Crippen LogP contribution in [0.25, 0.3) is 11.3 Å². The number of ketones is 1. The van der Waals surface area contributed by atoms with Crippen LogP contribution in [0.15, 0.2) is 83.9 Å². The predicted molar refractivity (Wildman–Crippen MR) is 171 cm³/mol. The number of nitrogens with zero attached hydrogens (tertiary/aromatic N) is 3. The van der Waals surface area contributed by atoms with E-state index in [0.29, 0.717) is 41.0 Å². The van der Waals surface area contributed by atoms with Crippen LogP contribution in [-0.2, 0) is 20.5 Å². The number of aromatic nitrogens is 1. The molecule has 3 aromatic carbocycles. The fourth-order valence-corrected chi connectivity index (χ4v) is 6.02. The number of pyridine rings is 1. The molecule has 1 fully saturated rings. The van der Waals surface area contributed by atoms with Crippen molar-refractivity contribution in [1.29, 1.82) is 5.26 Å². The molecule has 14 heteroatoms. The van der Waals surface area contributed by atoms with Crippen molar-refractivity contribution in [2.45, 2.75) is 29.8 Å². The number of hydrogen-bond acceptors (Lipinski definition) is 10. The van der Waals surface area contributed by atoms with E-state index in [2.05, 4.69) is 4.98 Å². The van der Waals surface area contributed by atoms with Crippen LogP contribution in [0, 0.1) is 11.3 Å². The standard InChI is InChI=1S/C35H26F3N3O7S/c1-3-47-25-14-8-21(9-15-25)29(42)19-48-34(45)22-4-10-23(11-5-22)41-31(43)17-30(33(41)44)49-32-26(18-39)27(35(36,37)38)16-28(40-32)20-6-12-24(46-2)13-7-20/h4-16,30H,3,17,19H2,1-2H3. The predicted octanol–water partition coefficient (Wildman–Crippen LogP) is 6.51. The molecule has 1 aliphatic rings. The molecule has 250 valence electrons. The van der Waals surface area contributed by atoms with Crippen molar-refractivity contribution in [3.8, 4) is 28.8 Å². The van der Waals surface area contributed by atoms with Gasteiger partial charge in [-0.15, -0.1) is 0 Å². The van der Waals surface area contributed by atoms with E-state index in [-0.39, 0.29) is 28.4 Å². The summed E-state index contributed by atoms with van der Waals surface area (Å²) < 4.78 is 57.8. The average molecular weight is 690 g/mol. The minimum absolute atomic E-state index is 0.0474. The zero-order chi connectivity index (χ0) is 35.3. The molecule has 0 N–H and O–H groups in total. The molecule has 0 aliphatic carbocycles. The summed E-state index contributed by atoms with van der Waals surface area (Å²) in [5.41, 5.74) is -1.29. The number of methoxy groups -OCH3 is 1. The van der Waals surface area contributed by atoms with E-state index < -0.39 is 52.7 Å². The first-order valence-electron chi connectivity index (χ1n) is 14.7. The van der Waals surface area contributed by atoms with Gasteiger partial charge in [-0.2, -0.15) is 18.4 Å². The highest BCUT2D eigenvalue weighted by Gasteiger charge is 2.42. The molecule has 0 spiro atoms. The van der Waals surface area contributed by atoms with E-state index in [1.54, 1.807) is 42.5 Å². The minimum Gasteiger partial charge on any atom is -0.497 e. The number of imide groups is 1. The third-order valence-corrected chi connectivity index (χ3v) is 8.50. The fourth-order valence-electron chi connectivity index (χ4n) is 4.90. The normalized spacial score (nSPS) is 14.4. The number of hydrogen-bond donors (Lipinski definition) is 0. The van der Waals surface area contributed by atoms with Crippen LogP contribution in [0.4, 0.5) is 18.9 Å². The van der Waals surface area contributed by atoms with E-state index in [0.717, 1.165) is 11.0 Å². The lowest BCUT2D eigenvalue weighted by Crippen LogP contribution is -2.31. The minimum atomic E-state index is -4.91. The van der Waals surface area contributed by atoms with E-state index >= 15 is 0 Å². The number of esters is 1. The number of ether oxygens (including phenoxy) is 3. The van der Waals surface area contributed by atoms with Gasteiger partial charge in [-0.05, 0) is 85.8 Å². The zero-order valence-corrected chi connectivity index (χ0v) is 26.8. The van der Waals surface area contributed by atoms with E-state index in [1.807, 2.05) is 6.92 Å². The zero-order valence-electron chi connectivity index (χ0n) is 25.9. The van der Waals surface area contributed by atoms with Gasteiger partial charge in [0.05, 0.1) is 47.0 Å². The smallest absolute Gasteiger partial charge is 0.417 e. The third-order valence-electron chi connectivity index (χ3n) is 7.33. The van der Waals surface area contributed by atoms with Crippen molar-refractivity contribution in [3.63, 3.8) is 0 Å². The molecule has 1 saturated heterocycles. The molecule has 0 radical (unpaired) electrons. The summed E-state index contributed by atoms with van der Waals surface area (Å²) in [5.74, 6) is -1.56. The number of anilines is 1. The summed E-state index contributed by atoms with van der Waals surface area (Å²) in [4.78, 5) is 56.6. The number of halogens is 3. The molecule has 4 aromatic rings. The molecule has 1 aromatic heterocycles. The SMILES string of the molecule is CCOc1ccc(C(=O)COC(=O)c2ccc(N3C(=O)CC(Sc4nc(-c5ccc(OC)cc5)cc(C(F)(F)F)c4C#N)C3=O)cc2)cc1. The van der Waals surface area contributed by atoms with Crippen LogP contribution in [0.1, 0.15) is 45.2 Å². The summed E-state index contributed by atoms with van der Waals surface area (Å²) in [7, 11) is 1.44. The quantitative estimate of drug-likeness (QED) is 0.0974. The number of nitriles is 1. The van der Waals surface area contributed by atoms with Crippen LogP contribution in [0.3, 0.4) is 0 Å². The van der Waals surface area contributed by atoms with Gasteiger partial charge in [0.15, 0.2) is 12.4 Å². The number of alkyl halides is 3. The lowest BCUT2D eigenvalue weighted by atomic mass is 10.1. The topological polar surface area (TPSA) is 136 Å².